The maximum atomic E-state index is 6.00. The Morgan fingerprint density at radius 1 is 1.07 bits per heavy atom. The SMILES string of the molecule is Cc1ccc(C)n1-c1ccc(N)c(Cl)c1. The van der Waals surface area contributed by atoms with Crippen molar-refractivity contribution >= 4 is 17.3 Å². The number of nitrogen functional groups attached to an aromatic ring is 1. The van der Waals surface area contributed by atoms with Crippen molar-refractivity contribution in [1.82, 2.24) is 4.57 Å². The lowest BCUT2D eigenvalue weighted by Gasteiger charge is -2.10. The van der Waals surface area contributed by atoms with E-state index in [0.717, 1.165) is 5.69 Å². The highest BCUT2D eigenvalue weighted by molar-refractivity contribution is 6.33. The van der Waals surface area contributed by atoms with E-state index in [2.05, 4.69) is 30.5 Å². The fraction of sp³-hybridized carbons (Fsp3) is 0.167. The first-order valence-electron chi connectivity index (χ1n) is 4.80. The third kappa shape index (κ3) is 1.73. The van der Waals surface area contributed by atoms with Gasteiger partial charge < -0.3 is 10.3 Å². The molecule has 3 heteroatoms. The summed E-state index contributed by atoms with van der Waals surface area (Å²) in [6, 6.07) is 9.85. The highest BCUT2D eigenvalue weighted by atomic mass is 35.5. The summed E-state index contributed by atoms with van der Waals surface area (Å²) < 4.78 is 2.14. The standard InChI is InChI=1S/C12H13ClN2/c1-8-3-4-9(2)15(8)10-5-6-12(14)11(13)7-10/h3-7H,14H2,1-2H3. The van der Waals surface area contributed by atoms with Crippen LogP contribution in [0.3, 0.4) is 0 Å². The minimum absolute atomic E-state index is 0.597. The molecule has 2 N–H and O–H groups in total. The summed E-state index contributed by atoms with van der Waals surface area (Å²) in [5.41, 5.74) is 9.72. The third-order valence-electron chi connectivity index (χ3n) is 2.51. The highest BCUT2D eigenvalue weighted by Gasteiger charge is 2.05. The molecule has 0 aliphatic carbocycles. The Kier molecular flexibility index (Phi) is 2.45. The van der Waals surface area contributed by atoms with E-state index in [9.17, 15) is 0 Å². The molecule has 2 nitrogen and oxygen atoms in total. The predicted octanol–water partition coefficient (Wildman–Crippen LogP) is 3.33. The second kappa shape index (κ2) is 3.63. The second-order valence-electron chi connectivity index (χ2n) is 3.66. The predicted molar refractivity (Wildman–Crippen MR) is 64.7 cm³/mol. The van der Waals surface area contributed by atoms with Crippen molar-refractivity contribution in [3.05, 3.63) is 46.7 Å². The average Bonchev–Trinajstić information content (AvgIpc) is 2.52. The van der Waals surface area contributed by atoms with E-state index in [4.69, 9.17) is 17.3 Å². The summed E-state index contributed by atoms with van der Waals surface area (Å²) in [4.78, 5) is 0. The Morgan fingerprint density at radius 3 is 2.20 bits per heavy atom. The molecule has 1 aromatic heterocycles. The van der Waals surface area contributed by atoms with E-state index >= 15 is 0 Å². The summed E-state index contributed by atoms with van der Waals surface area (Å²) in [5.74, 6) is 0. The van der Waals surface area contributed by atoms with Crippen LogP contribution < -0.4 is 5.73 Å². The molecule has 1 aromatic carbocycles. The zero-order valence-electron chi connectivity index (χ0n) is 8.79. The first-order chi connectivity index (χ1) is 7.09. The first kappa shape index (κ1) is 10.1. The molecule has 0 unspecified atom stereocenters. The molecule has 2 rings (SSSR count). The normalized spacial score (nSPS) is 10.6. The number of anilines is 1. The number of benzene rings is 1. The summed E-state index contributed by atoms with van der Waals surface area (Å²) in [5, 5.41) is 0.597. The fourth-order valence-electron chi connectivity index (χ4n) is 1.73. The van der Waals surface area contributed by atoms with Gasteiger partial charge in [-0.3, -0.25) is 0 Å². The largest absolute Gasteiger partial charge is 0.398 e. The molecule has 0 amide bonds. The van der Waals surface area contributed by atoms with Gasteiger partial charge in [0.1, 0.15) is 0 Å². The van der Waals surface area contributed by atoms with Crippen LogP contribution >= 0.6 is 11.6 Å². The molecule has 0 atom stereocenters. The van der Waals surface area contributed by atoms with Crippen LogP contribution in [0.1, 0.15) is 11.4 Å². The number of nitrogens with two attached hydrogens (primary N) is 1. The van der Waals surface area contributed by atoms with Crippen LogP contribution in [-0.2, 0) is 0 Å². The van der Waals surface area contributed by atoms with Crippen molar-refractivity contribution < 1.29 is 0 Å². The third-order valence-corrected chi connectivity index (χ3v) is 2.84. The maximum Gasteiger partial charge on any atom is 0.0656 e. The van der Waals surface area contributed by atoms with Gasteiger partial charge in [-0.15, -0.1) is 0 Å². The van der Waals surface area contributed by atoms with Gasteiger partial charge in [-0.05, 0) is 44.2 Å². The summed E-state index contributed by atoms with van der Waals surface area (Å²) in [6.07, 6.45) is 0. The Labute approximate surface area is 94.3 Å². The molecule has 0 fully saturated rings. The van der Waals surface area contributed by atoms with Gasteiger partial charge in [-0.2, -0.15) is 0 Å². The Morgan fingerprint density at radius 2 is 1.67 bits per heavy atom. The molecule has 0 aliphatic heterocycles. The number of halogens is 1. The van der Waals surface area contributed by atoms with Gasteiger partial charge in [0.05, 0.1) is 10.7 Å². The van der Waals surface area contributed by atoms with Crippen LogP contribution in [0.4, 0.5) is 5.69 Å². The number of rotatable bonds is 1. The zero-order chi connectivity index (χ0) is 11.0. The van der Waals surface area contributed by atoms with Gasteiger partial charge >= 0.3 is 0 Å². The number of aryl methyl sites for hydroxylation is 2. The lowest BCUT2D eigenvalue weighted by atomic mass is 10.2. The molecular formula is C12H13ClN2. The van der Waals surface area contributed by atoms with Crippen molar-refractivity contribution in [3.8, 4) is 5.69 Å². The van der Waals surface area contributed by atoms with Crippen LogP contribution in [0.15, 0.2) is 30.3 Å². The molecule has 0 saturated heterocycles. The molecule has 1 heterocycles. The number of hydrogen-bond acceptors (Lipinski definition) is 1. The van der Waals surface area contributed by atoms with Crippen molar-refractivity contribution in [3.63, 3.8) is 0 Å². The lowest BCUT2D eigenvalue weighted by molar-refractivity contribution is 0.966. The Balaban J connectivity index is 2.59. The van der Waals surface area contributed by atoms with Crippen molar-refractivity contribution in [1.29, 1.82) is 0 Å². The zero-order valence-corrected chi connectivity index (χ0v) is 9.55. The van der Waals surface area contributed by atoms with Crippen LogP contribution in [0.5, 0.6) is 0 Å². The van der Waals surface area contributed by atoms with Gasteiger partial charge in [-0.1, -0.05) is 11.6 Å². The van der Waals surface area contributed by atoms with Crippen molar-refractivity contribution in [2.75, 3.05) is 5.73 Å². The molecule has 0 aliphatic rings. The highest BCUT2D eigenvalue weighted by Crippen LogP contribution is 2.24. The summed E-state index contributed by atoms with van der Waals surface area (Å²) >= 11 is 6.00. The van der Waals surface area contributed by atoms with Crippen LogP contribution in [0, 0.1) is 13.8 Å². The molecule has 0 bridgehead atoms. The Hall–Kier alpha value is -1.41. The number of aromatic nitrogens is 1. The minimum Gasteiger partial charge on any atom is -0.398 e. The van der Waals surface area contributed by atoms with Crippen LogP contribution in [0.2, 0.25) is 5.02 Å². The van der Waals surface area contributed by atoms with Gasteiger partial charge in [0.2, 0.25) is 0 Å². The van der Waals surface area contributed by atoms with Crippen molar-refractivity contribution in [2.24, 2.45) is 0 Å². The maximum absolute atomic E-state index is 6.00. The first-order valence-corrected chi connectivity index (χ1v) is 5.18. The van der Waals surface area contributed by atoms with E-state index in [1.165, 1.54) is 11.4 Å². The topological polar surface area (TPSA) is 30.9 Å². The summed E-state index contributed by atoms with van der Waals surface area (Å²) in [7, 11) is 0. The van der Waals surface area contributed by atoms with Crippen LogP contribution in [-0.4, -0.2) is 4.57 Å². The molecule has 2 aromatic rings. The quantitative estimate of drug-likeness (QED) is 0.735. The van der Waals surface area contributed by atoms with Gasteiger partial charge in [0, 0.05) is 17.1 Å². The molecule has 78 valence electrons. The molecule has 0 saturated carbocycles. The number of hydrogen-bond donors (Lipinski definition) is 1. The summed E-state index contributed by atoms with van der Waals surface area (Å²) in [6.45, 7) is 4.13. The molecule has 0 spiro atoms. The monoisotopic (exact) mass is 220 g/mol. The van der Waals surface area contributed by atoms with Crippen LogP contribution in [0.25, 0.3) is 5.69 Å². The van der Waals surface area contributed by atoms with Crippen molar-refractivity contribution in [2.45, 2.75) is 13.8 Å². The van der Waals surface area contributed by atoms with E-state index in [-0.39, 0.29) is 0 Å². The second-order valence-corrected chi connectivity index (χ2v) is 4.06. The van der Waals surface area contributed by atoms with Gasteiger partial charge in [-0.25, -0.2) is 0 Å². The smallest absolute Gasteiger partial charge is 0.0656 e. The van der Waals surface area contributed by atoms with E-state index in [1.807, 2.05) is 18.2 Å². The van der Waals surface area contributed by atoms with E-state index in [0.29, 0.717) is 10.7 Å². The fourth-order valence-corrected chi connectivity index (χ4v) is 1.91. The van der Waals surface area contributed by atoms with E-state index < -0.39 is 0 Å². The molecular weight excluding hydrogens is 208 g/mol. The average molecular weight is 221 g/mol. The minimum atomic E-state index is 0.597. The van der Waals surface area contributed by atoms with E-state index in [1.54, 1.807) is 0 Å². The molecule has 15 heavy (non-hydrogen) atoms. The van der Waals surface area contributed by atoms with Gasteiger partial charge in [0.25, 0.3) is 0 Å². The lowest BCUT2D eigenvalue weighted by Crippen LogP contribution is -1.99. The Bertz CT molecular complexity index is 481. The molecule has 0 radical (unpaired) electrons. The van der Waals surface area contributed by atoms with Gasteiger partial charge in [0.15, 0.2) is 0 Å². The number of nitrogens with zero attached hydrogens (tertiary/aromatic N) is 1.